The van der Waals surface area contributed by atoms with Gasteiger partial charge in [-0.3, -0.25) is 9.59 Å². The van der Waals surface area contributed by atoms with E-state index in [1.54, 1.807) is 24.3 Å². The van der Waals surface area contributed by atoms with E-state index in [2.05, 4.69) is 25.0 Å². The lowest BCUT2D eigenvalue weighted by molar-refractivity contribution is -0.117. The maximum absolute atomic E-state index is 13.3. The molecule has 0 unspecified atom stereocenters. The van der Waals surface area contributed by atoms with Crippen LogP contribution in [0.3, 0.4) is 0 Å². The molecule has 5 rings (SSSR count). The van der Waals surface area contributed by atoms with Gasteiger partial charge in [0.15, 0.2) is 10.6 Å². The first-order chi connectivity index (χ1) is 17.0. The van der Waals surface area contributed by atoms with Gasteiger partial charge in [0, 0.05) is 24.3 Å². The van der Waals surface area contributed by atoms with Gasteiger partial charge >= 0.3 is 5.97 Å². The van der Waals surface area contributed by atoms with Crippen molar-refractivity contribution >= 4 is 44.2 Å². The van der Waals surface area contributed by atoms with Gasteiger partial charge in [0.25, 0.3) is 5.56 Å². The summed E-state index contributed by atoms with van der Waals surface area (Å²) in [7, 11) is 1.31. The van der Waals surface area contributed by atoms with Crippen molar-refractivity contribution in [1.82, 2.24) is 14.8 Å². The number of rotatable bonds is 6. The number of aromatic nitrogens is 3. The SMILES string of the molecule is COC(=O)c1ccc(NC(=O)Cn2nc(-c3ccccc3)c3sc(N4CCCC4)nc3c2=O)cc1. The Morgan fingerprint density at radius 3 is 2.46 bits per heavy atom. The number of hydrogen-bond acceptors (Lipinski definition) is 8. The van der Waals surface area contributed by atoms with Crippen LogP contribution in [0.5, 0.6) is 0 Å². The largest absolute Gasteiger partial charge is 0.465 e. The van der Waals surface area contributed by atoms with E-state index in [1.807, 2.05) is 30.3 Å². The molecule has 4 aromatic rings. The molecule has 0 saturated carbocycles. The molecule has 178 valence electrons. The first kappa shape index (κ1) is 22.7. The number of carbonyl (C=O) groups excluding carboxylic acids is 2. The van der Waals surface area contributed by atoms with E-state index in [4.69, 9.17) is 0 Å². The van der Waals surface area contributed by atoms with Gasteiger partial charge in [-0.2, -0.15) is 5.10 Å². The molecule has 3 heterocycles. The van der Waals surface area contributed by atoms with Gasteiger partial charge in [-0.25, -0.2) is 14.5 Å². The minimum Gasteiger partial charge on any atom is -0.465 e. The summed E-state index contributed by atoms with van der Waals surface area (Å²) in [6.07, 6.45) is 2.20. The molecule has 0 atom stereocenters. The second-order valence-corrected chi connectivity index (χ2v) is 9.14. The Bertz CT molecular complexity index is 1440. The van der Waals surface area contributed by atoms with Crippen LogP contribution in [0.4, 0.5) is 10.8 Å². The van der Waals surface area contributed by atoms with Gasteiger partial charge in [0.1, 0.15) is 12.2 Å². The van der Waals surface area contributed by atoms with Crippen LogP contribution in [0.15, 0.2) is 59.4 Å². The summed E-state index contributed by atoms with van der Waals surface area (Å²) in [6.45, 7) is 1.56. The molecule has 2 aromatic heterocycles. The fourth-order valence-corrected chi connectivity index (χ4v) is 5.14. The molecule has 0 bridgehead atoms. The normalized spacial score (nSPS) is 13.2. The standard InChI is InChI=1S/C25H23N5O4S/c1-34-24(33)17-9-11-18(12-10-17)26-19(31)15-30-23(32)21-22(20(28-30)16-7-3-2-4-8-16)35-25(27-21)29-13-5-6-14-29/h2-4,7-12H,5-6,13-15H2,1H3,(H,26,31). The zero-order valence-electron chi connectivity index (χ0n) is 19.1. The Kier molecular flexibility index (Phi) is 6.28. The van der Waals surface area contributed by atoms with E-state index in [1.165, 1.54) is 18.4 Å². The topological polar surface area (TPSA) is 106 Å². The molecule has 1 amide bonds. The van der Waals surface area contributed by atoms with E-state index in [0.717, 1.165) is 46.0 Å². The summed E-state index contributed by atoms with van der Waals surface area (Å²) < 4.78 is 6.57. The lowest BCUT2D eigenvalue weighted by Gasteiger charge is -2.11. The third kappa shape index (κ3) is 4.65. The van der Waals surface area contributed by atoms with Crippen molar-refractivity contribution in [3.63, 3.8) is 0 Å². The Morgan fingerprint density at radius 2 is 1.77 bits per heavy atom. The highest BCUT2D eigenvalue weighted by Crippen LogP contribution is 2.34. The maximum atomic E-state index is 13.3. The number of amides is 1. The minimum atomic E-state index is -0.461. The van der Waals surface area contributed by atoms with Crippen molar-refractivity contribution in [3.8, 4) is 11.3 Å². The van der Waals surface area contributed by atoms with Crippen LogP contribution in [-0.4, -0.2) is 46.8 Å². The van der Waals surface area contributed by atoms with E-state index >= 15 is 0 Å². The van der Waals surface area contributed by atoms with Crippen molar-refractivity contribution in [2.75, 3.05) is 30.4 Å². The fraction of sp³-hybridized carbons (Fsp3) is 0.240. The van der Waals surface area contributed by atoms with Crippen LogP contribution in [-0.2, 0) is 16.1 Å². The first-order valence-electron chi connectivity index (χ1n) is 11.2. The van der Waals surface area contributed by atoms with Crippen molar-refractivity contribution in [2.45, 2.75) is 19.4 Å². The Labute approximate surface area is 205 Å². The molecule has 1 saturated heterocycles. The molecular formula is C25H23N5O4S. The number of hydrogen-bond donors (Lipinski definition) is 1. The number of nitrogens with zero attached hydrogens (tertiary/aromatic N) is 4. The van der Waals surface area contributed by atoms with Gasteiger partial charge in [0.2, 0.25) is 5.91 Å². The predicted molar refractivity (Wildman–Crippen MR) is 135 cm³/mol. The highest BCUT2D eigenvalue weighted by molar-refractivity contribution is 7.22. The number of esters is 1. The number of carbonyl (C=O) groups is 2. The molecule has 35 heavy (non-hydrogen) atoms. The molecule has 2 aromatic carbocycles. The third-order valence-corrected chi connectivity index (χ3v) is 6.92. The van der Waals surface area contributed by atoms with Crippen molar-refractivity contribution in [2.24, 2.45) is 0 Å². The molecule has 9 nitrogen and oxygen atoms in total. The molecule has 0 spiro atoms. The zero-order valence-corrected chi connectivity index (χ0v) is 19.9. The van der Waals surface area contributed by atoms with Crippen molar-refractivity contribution < 1.29 is 14.3 Å². The Morgan fingerprint density at radius 1 is 1.06 bits per heavy atom. The monoisotopic (exact) mass is 489 g/mol. The molecule has 10 heteroatoms. The van der Waals surface area contributed by atoms with E-state index < -0.39 is 17.4 Å². The van der Waals surface area contributed by atoms with Gasteiger partial charge in [-0.05, 0) is 37.1 Å². The first-order valence-corrected chi connectivity index (χ1v) is 12.1. The summed E-state index contributed by atoms with van der Waals surface area (Å²) in [6, 6.07) is 15.9. The van der Waals surface area contributed by atoms with Crippen LogP contribution in [0.1, 0.15) is 23.2 Å². The highest BCUT2D eigenvalue weighted by atomic mass is 32.1. The smallest absolute Gasteiger partial charge is 0.337 e. The average Bonchev–Trinajstić information content (AvgIpc) is 3.57. The second kappa shape index (κ2) is 9.67. The molecular weight excluding hydrogens is 466 g/mol. The third-order valence-electron chi connectivity index (χ3n) is 5.80. The lowest BCUT2D eigenvalue weighted by atomic mass is 10.1. The number of ether oxygens (including phenoxy) is 1. The average molecular weight is 490 g/mol. The number of fused-ring (bicyclic) bond motifs is 1. The fourth-order valence-electron chi connectivity index (χ4n) is 4.03. The van der Waals surface area contributed by atoms with Crippen LogP contribution >= 0.6 is 11.3 Å². The molecule has 1 aliphatic rings. The lowest BCUT2D eigenvalue weighted by Crippen LogP contribution is -2.30. The number of nitrogens with one attached hydrogen (secondary N) is 1. The Balaban J connectivity index is 1.47. The molecule has 0 radical (unpaired) electrons. The summed E-state index contributed by atoms with van der Waals surface area (Å²) in [5.74, 6) is -0.879. The number of benzene rings is 2. The zero-order chi connectivity index (χ0) is 24.4. The summed E-state index contributed by atoms with van der Waals surface area (Å²) in [4.78, 5) is 44.5. The Hall–Kier alpha value is -4.05. The molecule has 1 fully saturated rings. The van der Waals surface area contributed by atoms with Crippen LogP contribution < -0.4 is 15.8 Å². The van der Waals surface area contributed by atoms with Gasteiger partial charge in [-0.1, -0.05) is 41.7 Å². The van der Waals surface area contributed by atoms with Gasteiger partial charge in [-0.15, -0.1) is 0 Å². The number of thiazole rings is 1. The van der Waals surface area contributed by atoms with Gasteiger partial charge in [0.05, 0.1) is 17.4 Å². The second-order valence-electron chi connectivity index (χ2n) is 8.16. The van der Waals surface area contributed by atoms with Gasteiger partial charge < -0.3 is 15.0 Å². The summed E-state index contributed by atoms with van der Waals surface area (Å²) in [5, 5.41) is 8.12. The van der Waals surface area contributed by atoms with E-state index in [-0.39, 0.29) is 6.54 Å². The van der Waals surface area contributed by atoms with Crippen LogP contribution in [0.2, 0.25) is 0 Å². The van der Waals surface area contributed by atoms with Crippen molar-refractivity contribution in [3.05, 3.63) is 70.5 Å². The van der Waals surface area contributed by atoms with E-state index in [9.17, 15) is 14.4 Å². The predicted octanol–water partition coefficient (Wildman–Crippen LogP) is 3.55. The quantitative estimate of drug-likeness (QED) is 0.413. The molecule has 0 aliphatic carbocycles. The van der Waals surface area contributed by atoms with Crippen LogP contribution in [0.25, 0.3) is 21.5 Å². The maximum Gasteiger partial charge on any atom is 0.337 e. The summed E-state index contributed by atoms with van der Waals surface area (Å²) >= 11 is 1.47. The van der Waals surface area contributed by atoms with E-state index in [0.29, 0.717) is 22.5 Å². The van der Waals surface area contributed by atoms with Crippen molar-refractivity contribution in [1.29, 1.82) is 0 Å². The molecule has 1 N–H and O–H groups in total. The van der Waals surface area contributed by atoms with Crippen LogP contribution in [0, 0.1) is 0 Å². The highest BCUT2D eigenvalue weighted by Gasteiger charge is 2.22. The minimum absolute atomic E-state index is 0.274. The summed E-state index contributed by atoms with van der Waals surface area (Å²) in [5.41, 5.74) is 2.25. The molecule has 1 aliphatic heterocycles. The number of anilines is 2. The number of methoxy groups -OCH3 is 1.